The topological polar surface area (TPSA) is 72.3 Å². The van der Waals surface area contributed by atoms with Crippen LogP contribution in [-0.4, -0.2) is 20.7 Å². The van der Waals surface area contributed by atoms with Crippen LogP contribution in [0, 0.1) is 6.92 Å². The fraction of sp³-hybridized carbons (Fsp3) is 0.222. The number of carboxylic acid groups (broad SMARTS) is 1. The molecule has 0 aliphatic heterocycles. The van der Waals surface area contributed by atoms with Gasteiger partial charge in [0.05, 0.1) is 0 Å². The first-order valence-corrected chi connectivity index (χ1v) is 6.48. The van der Waals surface area contributed by atoms with E-state index in [4.69, 9.17) is 21.4 Å². The van der Waals surface area contributed by atoms with Crippen molar-refractivity contribution in [3.05, 3.63) is 25.9 Å². The maximum absolute atomic E-state index is 10.9. The number of aromatic carboxylic acids is 1. The lowest BCUT2D eigenvalue weighted by Crippen LogP contribution is -2.00. The molecule has 0 aliphatic carbocycles. The molecule has 8 heteroatoms. The second-order valence-corrected chi connectivity index (χ2v) is 5.75. The molecule has 2 aromatic rings. The molecule has 0 aliphatic rings. The van der Waals surface area contributed by atoms with E-state index < -0.39 is 5.97 Å². The minimum atomic E-state index is -0.999. The van der Waals surface area contributed by atoms with Crippen LogP contribution >= 0.6 is 34.5 Å². The SMILES string of the molecule is Cc1cc(OCc2nnsc2Cl)c(C(=O)O)s1. The Morgan fingerprint density at radius 3 is 3.00 bits per heavy atom. The van der Waals surface area contributed by atoms with Gasteiger partial charge in [-0.15, -0.1) is 16.4 Å². The van der Waals surface area contributed by atoms with Gasteiger partial charge in [-0.2, -0.15) is 0 Å². The number of halogens is 1. The van der Waals surface area contributed by atoms with E-state index in [1.165, 1.54) is 11.3 Å². The number of nitrogens with zero attached hydrogens (tertiary/aromatic N) is 2. The summed E-state index contributed by atoms with van der Waals surface area (Å²) in [6, 6.07) is 1.68. The first-order chi connectivity index (χ1) is 8.08. The highest BCUT2D eigenvalue weighted by molar-refractivity contribution is 7.14. The van der Waals surface area contributed by atoms with Gasteiger partial charge in [0.1, 0.15) is 22.4 Å². The lowest BCUT2D eigenvalue weighted by Gasteiger charge is -2.02. The largest absolute Gasteiger partial charge is 0.485 e. The average Bonchev–Trinajstić information content (AvgIpc) is 2.82. The van der Waals surface area contributed by atoms with Gasteiger partial charge in [0.2, 0.25) is 0 Å². The average molecular weight is 291 g/mol. The van der Waals surface area contributed by atoms with E-state index in [2.05, 4.69) is 9.59 Å². The van der Waals surface area contributed by atoms with Crippen LogP contribution in [0.3, 0.4) is 0 Å². The van der Waals surface area contributed by atoms with E-state index in [1.54, 1.807) is 6.07 Å². The van der Waals surface area contributed by atoms with Gasteiger partial charge in [-0.05, 0) is 13.0 Å². The lowest BCUT2D eigenvalue weighted by molar-refractivity contribution is 0.0697. The van der Waals surface area contributed by atoms with Crippen LogP contribution in [0.2, 0.25) is 4.34 Å². The molecule has 2 rings (SSSR count). The number of carboxylic acids is 1. The molecule has 17 heavy (non-hydrogen) atoms. The molecule has 90 valence electrons. The van der Waals surface area contributed by atoms with Crippen LogP contribution in [0.1, 0.15) is 20.2 Å². The highest BCUT2D eigenvalue weighted by atomic mass is 35.5. The van der Waals surface area contributed by atoms with Crippen molar-refractivity contribution in [1.29, 1.82) is 0 Å². The van der Waals surface area contributed by atoms with Crippen molar-refractivity contribution in [3.8, 4) is 5.75 Å². The summed E-state index contributed by atoms with van der Waals surface area (Å²) >= 11 is 8.05. The van der Waals surface area contributed by atoms with Gasteiger partial charge >= 0.3 is 5.97 Å². The van der Waals surface area contributed by atoms with Gasteiger partial charge in [-0.3, -0.25) is 0 Å². The zero-order chi connectivity index (χ0) is 12.4. The monoisotopic (exact) mass is 290 g/mol. The van der Waals surface area contributed by atoms with Crippen LogP contribution < -0.4 is 4.74 Å². The predicted octanol–water partition coefficient (Wildman–Crippen LogP) is 2.84. The van der Waals surface area contributed by atoms with Crippen LogP contribution in [0.25, 0.3) is 0 Å². The van der Waals surface area contributed by atoms with Crippen LogP contribution in [-0.2, 0) is 6.61 Å². The number of ether oxygens (including phenoxy) is 1. The quantitative estimate of drug-likeness (QED) is 0.937. The third-order valence-corrected chi connectivity index (χ3v) is 3.89. The van der Waals surface area contributed by atoms with Crippen molar-refractivity contribution in [2.45, 2.75) is 13.5 Å². The lowest BCUT2D eigenvalue weighted by atomic mass is 10.4. The number of thiophene rings is 1. The molecule has 0 saturated carbocycles. The van der Waals surface area contributed by atoms with Gasteiger partial charge < -0.3 is 9.84 Å². The third-order valence-electron chi connectivity index (χ3n) is 1.89. The molecule has 2 heterocycles. The molecule has 2 aromatic heterocycles. The Kier molecular flexibility index (Phi) is 3.60. The van der Waals surface area contributed by atoms with E-state index in [9.17, 15) is 4.79 Å². The molecule has 0 radical (unpaired) electrons. The zero-order valence-corrected chi connectivity index (χ0v) is 11.0. The van der Waals surface area contributed by atoms with Crippen molar-refractivity contribution in [2.75, 3.05) is 0 Å². The molecule has 5 nitrogen and oxygen atoms in total. The number of carbonyl (C=O) groups is 1. The minimum Gasteiger partial charge on any atom is -0.485 e. The summed E-state index contributed by atoms with van der Waals surface area (Å²) in [4.78, 5) is 12.0. The standard InChI is InChI=1S/C9H7ClN2O3S2/c1-4-2-6(7(16-4)9(13)14)15-3-5-8(10)17-12-11-5/h2H,3H2,1H3,(H,13,14). The van der Waals surface area contributed by atoms with Crippen molar-refractivity contribution in [1.82, 2.24) is 9.59 Å². The highest BCUT2D eigenvalue weighted by Crippen LogP contribution is 2.30. The molecule has 0 amide bonds. The van der Waals surface area contributed by atoms with Gasteiger partial charge in [0, 0.05) is 16.4 Å². The van der Waals surface area contributed by atoms with E-state index in [0.29, 0.717) is 15.8 Å². The van der Waals surface area contributed by atoms with Crippen molar-refractivity contribution >= 4 is 40.4 Å². The molecule has 0 atom stereocenters. The maximum Gasteiger partial charge on any atom is 0.349 e. The van der Waals surface area contributed by atoms with Crippen molar-refractivity contribution < 1.29 is 14.6 Å². The Bertz CT molecular complexity index is 552. The van der Waals surface area contributed by atoms with Crippen molar-refractivity contribution in [3.63, 3.8) is 0 Å². The fourth-order valence-electron chi connectivity index (χ4n) is 1.18. The molecule has 0 saturated heterocycles. The van der Waals surface area contributed by atoms with Crippen molar-refractivity contribution in [2.24, 2.45) is 0 Å². The van der Waals surface area contributed by atoms with Crippen LogP contribution in [0.4, 0.5) is 0 Å². The van der Waals surface area contributed by atoms with E-state index in [-0.39, 0.29) is 11.5 Å². The summed E-state index contributed by atoms with van der Waals surface area (Å²) in [5.41, 5.74) is 0.511. The number of aryl methyl sites for hydroxylation is 1. The van der Waals surface area contributed by atoms with Gasteiger partial charge in [-0.25, -0.2) is 4.79 Å². The van der Waals surface area contributed by atoms with E-state index in [0.717, 1.165) is 16.4 Å². The van der Waals surface area contributed by atoms with Gasteiger partial charge in [0.15, 0.2) is 4.88 Å². The highest BCUT2D eigenvalue weighted by Gasteiger charge is 2.16. The maximum atomic E-state index is 10.9. The first-order valence-electron chi connectivity index (χ1n) is 4.51. The first kappa shape index (κ1) is 12.3. The Hall–Kier alpha value is -1.18. The summed E-state index contributed by atoms with van der Waals surface area (Å²) in [5.74, 6) is -0.662. The van der Waals surface area contributed by atoms with E-state index in [1.807, 2.05) is 6.92 Å². The fourth-order valence-corrected chi connectivity index (χ4v) is 2.57. The number of aromatic nitrogens is 2. The molecule has 0 spiro atoms. The smallest absolute Gasteiger partial charge is 0.349 e. The number of rotatable bonds is 4. The number of hydrogen-bond acceptors (Lipinski definition) is 6. The summed E-state index contributed by atoms with van der Waals surface area (Å²) < 4.78 is 9.51. The molecule has 0 bridgehead atoms. The zero-order valence-electron chi connectivity index (χ0n) is 8.64. The Labute approximate surface area is 110 Å². The summed E-state index contributed by atoms with van der Waals surface area (Å²) in [6.45, 7) is 1.94. The summed E-state index contributed by atoms with van der Waals surface area (Å²) in [6.07, 6.45) is 0. The molecule has 0 aromatic carbocycles. The third kappa shape index (κ3) is 2.74. The Balaban J connectivity index is 2.14. The second kappa shape index (κ2) is 4.99. The number of hydrogen-bond donors (Lipinski definition) is 1. The van der Waals surface area contributed by atoms with Crippen LogP contribution in [0.15, 0.2) is 6.07 Å². The molecular weight excluding hydrogens is 284 g/mol. The minimum absolute atomic E-state index is 0.117. The van der Waals surface area contributed by atoms with E-state index >= 15 is 0 Å². The second-order valence-electron chi connectivity index (χ2n) is 3.14. The van der Waals surface area contributed by atoms with Gasteiger partial charge in [0.25, 0.3) is 0 Å². The van der Waals surface area contributed by atoms with Gasteiger partial charge in [-0.1, -0.05) is 16.1 Å². The summed E-state index contributed by atoms with van der Waals surface area (Å²) in [5, 5.41) is 12.7. The molecule has 0 fully saturated rings. The van der Waals surface area contributed by atoms with Crippen LogP contribution in [0.5, 0.6) is 5.75 Å². The Morgan fingerprint density at radius 1 is 1.65 bits per heavy atom. The molecule has 1 N–H and O–H groups in total. The molecular formula is C9H7ClN2O3S2. The summed E-state index contributed by atoms with van der Waals surface area (Å²) in [7, 11) is 0. The Morgan fingerprint density at radius 2 is 2.41 bits per heavy atom. The predicted molar refractivity (Wildman–Crippen MR) is 65.3 cm³/mol. The normalized spacial score (nSPS) is 10.5. The molecule has 0 unspecified atom stereocenters.